The molecule has 1 rings (SSSR count). The monoisotopic (exact) mass is 241 g/mol. The SMILES string of the molecule is CCCC(C)NCCOC1CCCC(CC)C1. The molecule has 0 aromatic heterocycles. The number of hydrogen-bond acceptors (Lipinski definition) is 2. The smallest absolute Gasteiger partial charge is 0.0594 e. The fraction of sp³-hybridized carbons (Fsp3) is 1.00. The van der Waals surface area contributed by atoms with E-state index in [9.17, 15) is 0 Å². The van der Waals surface area contributed by atoms with Crippen molar-refractivity contribution in [1.82, 2.24) is 5.32 Å². The van der Waals surface area contributed by atoms with Gasteiger partial charge in [0, 0.05) is 12.6 Å². The molecule has 2 heteroatoms. The van der Waals surface area contributed by atoms with E-state index in [1.807, 2.05) is 0 Å². The highest BCUT2D eigenvalue weighted by atomic mass is 16.5. The van der Waals surface area contributed by atoms with E-state index in [0.717, 1.165) is 19.1 Å². The summed E-state index contributed by atoms with van der Waals surface area (Å²) in [4.78, 5) is 0. The van der Waals surface area contributed by atoms with Gasteiger partial charge in [0.25, 0.3) is 0 Å². The van der Waals surface area contributed by atoms with Crippen LogP contribution >= 0.6 is 0 Å². The van der Waals surface area contributed by atoms with Crippen LogP contribution in [0.25, 0.3) is 0 Å². The molecule has 17 heavy (non-hydrogen) atoms. The van der Waals surface area contributed by atoms with Crippen molar-refractivity contribution in [1.29, 1.82) is 0 Å². The van der Waals surface area contributed by atoms with E-state index >= 15 is 0 Å². The van der Waals surface area contributed by atoms with Crippen molar-refractivity contribution in [3.63, 3.8) is 0 Å². The Labute approximate surface area is 108 Å². The van der Waals surface area contributed by atoms with Gasteiger partial charge in [0.15, 0.2) is 0 Å². The number of rotatable bonds is 8. The second-order valence-corrected chi connectivity index (χ2v) is 5.58. The summed E-state index contributed by atoms with van der Waals surface area (Å²) < 4.78 is 5.98. The molecular weight excluding hydrogens is 210 g/mol. The fourth-order valence-corrected chi connectivity index (χ4v) is 2.83. The van der Waals surface area contributed by atoms with Gasteiger partial charge in [-0.15, -0.1) is 0 Å². The van der Waals surface area contributed by atoms with Crippen molar-refractivity contribution in [3.05, 3.63) is 0 Å². The highest BCUT2D eigenvalue weighted by molar-refractivity contribution is 4.72. The van der Waals surface area contributed by atoms with Gasteiger partial charge in [-0.05, 0) is 32.1 Å². The van der Waals surface area contributed by atoms with E-state index in [-0.39, 0.29) is 0 Å². The summed E-state index contributed by atoms with van der Waals surface area (Å²) in [5.74, 6) is 0.917. The Morgan fingerprint density at radius 2 is 2.12 bits per heavy atom. The molecule has 2 nitrogen and oxygen atoms in total. The molecule has 102 valence electrons. The first-order chi connectivity index (χ1) is 8.26. The molecule has 0 aromatic carbocycles. The molecule has 0 radical (unpaired) electrons. The van der Waals surface area contributed by atoms with Crippen LogP contribution in [0, 0.1) is 5.92 Å². The van der Waals surface area contributed by atoms with Crippen LogP contribution in [0.2, 0.25) is 0 Å². The Kier molecular flexibility index (Phi) is 7.87. The maximum atomic E-state index is 5.98. The van der Waals surface area contributed by atoms with Crippen molar-refractivity contribution >= 4 is 0 Å². The van der Waals surface area contributed by atoms with Crippen molar-refractivity contribution in [2.75, 3.05) is 13.2 Å². The van der Waals surface area contributed by atoms with Crippen molar-refractivity contribution < 1.29 is 4.74 Å². The van der Waals surface area contributed by atoms with Crippen molar-refractivity contribution in [2.45, 2.75) is 77.9 Å². The Bertz CT molecular complexity index is 184. The summed E-state index contributed by atoms with van der Waals surface area (Å²) in [6.07, 6.45) is 9.74. The van der Waals surface area contributed by atoms with E-state index in [2.05, 4.69) is 26.1 Å². The highest BCUT2D eigenvalue weighted by Crippen LogP contribution is 2.28. The lowest BCUT2D eigenvalue weighted by molar-refractivity contribution is 0.0135. The lowest BCUT2D eigenvalue weighted by Crippen LogP contribution is -2.31. The minimum Gasteiger partial charge on any atom is -0.377 e. The predicted molar refractivity (Wildman–Crippen MR) is 74.4 cm³/mol. The Hall–Kier alpha value is -0.0800. The van der Waals surface area contributed by atoms with E-state index in [1.165, 1.54) is 44.9 Å². The predicted octanol–water partition coefficient (Wildman–Crippen LogP) is 3.75. The zero-order valence-electron chi connectivity index (χ0n) is 12.0. The van der Waals surface area contributed by atoms with Gasteiger partial charge in [0.1, 0.15) is 0 Å². The first-order valence-corrected chi connectivity index (χ1v) is 7.61. The molecular formula is C15H31NO. The van der Waals surface area contributed by atoms with Gasteiger partial charge in [0.2, 0.25) is 0 Å². The van der Waals surface area contributed by atoms with Crippen LogP contribution in [0.15, 0.2) is 0 Å². The van der Waals surface area contributed by atoms with Crippen LogP contribution in [0.1, 0.15) is 65.7 Å². The molecule has 0 aliphatic heterocycles. The van der Waals surface area contributed by atoms with Gasteiger partial charge in [0.05, 0.1) is 12.7 Å². The molecule has 3 unspecified atom stereocenters. The van der Waals surface area contributed by atoms with E-state index in [4.69, 9.17) is 4.74 Å². The first-order valence-electron chi connectivity index (χ1n) is 7.61. The second kappa shape index (κ2) is 8.93. The number of nitrogens with one attached hydrogen (secondary N) is 1. The quantitative estimate of drug-likeness (QED) is 0.653. The summed E-state index contributed by atoms with van der Waals surface area (Å²) in [7, 11) is 0. The molecule has 1 aliphatic rings. The third-order valence-electron chi connectivity index (χ3n) is 3.98. The molecule has 1 saturated carbocycles. The van der Waals surface area contributed by atoms with Crippen LogP contribution in [-0.4, -0.2) is 25.3 Å². The molecule has 0 heterocycles. The zero-order valence-corrected chi connectivity index (χ0v) is 12.0. The Balaban J connectivity index is 2.02. The minimum absolute atomic E-state index is 0.539. The molecule has 1 aliphatic carbocycles. The minimum atomic E-state index is 0.539. The normalized spacial score (nSPS) is 27.0. The van der Waals surface area contributed by atoms with Gasteiger partial charge in [-0.3, -0.25) is 0 Å². The standard InChI is InChI=1S/C15H31NO/c1-4-7-13(3)16-10-11-17-15-9-6-8-14(5-2)12-15/h13-16H,4-12H2,1-3H3. The van der Waals surface area contributed by atoms with E-state index < -0.39 is 0 Å². The lowest BCUT2D eigenvalue weighted by atomic mass is 9.85. The van der Waals surface area contributed by atoms with Crippen LogP contribution in [0.3, 0.4) is 0 Å². The third-order valence-corrected chi connectivity index (χ3v) is 3.98. The summed E-state index contributed by atoms with van der Waals surface area (Å²) >= 11 is 0. The maximum absolute atomic E-state index is 5.98. The molecule has 0 amide bonds. The van der Waals surface area contributed by atoms with Crippen LogP contribution in [0.4, 0.5) is 0 Å². The van der Waals surface area contributed by atoms with Crippen molar-refractivity contribution in [3.8, 4) is 0 Å². The van der Waals surface area contributed by atoms with Gasteiger partial charge in [-0.1, -0.05) is 39.5 Å². The first kappa shape index (κ1) is 15.0. The van der Waals surface area contributed by atoms with Gasteiger partial charge in [-0.2, -0.15) is 0 Å². The highest BCUT2D eigenvalue weighted by Gasteiger charge is 2.20. The van der Waals surface area contributed by atoms with Crippen LogP contribution in [0.5, 0.6) is 0 Å². The Morgan fingerprint density at radius 3 is 2.82 bits per heavy atom. The average molecular weight is 241 g/mol. The van der Waals surface area contributed by atoms with Crippen LogP contribution in [-0.2, 0) is 4.74 Å². The molecule has 1 N–H and O–H groups in total. The Morgan fingerprint density at radius 1 is 1.29 bits per heavy atom. The van der Waals surface area contributed by atoms with E-state index in [1.54, 1.807) is 0 Å². The third kappa shape index (κ3) is 6.42. The number of hydrogen-bond donors (Lipinski definition) is 1. The van der Waals surface area contributed by atoms with Gasteiger partial charge >= 0.3 is 0 Å². The molecule has 1 fully saturated rings. The summed E-state index contributed by atoms with van der Waals surface area (Å²) in [5.41, 5.74) is 0. The van der Waals surface area contributed by atoms with Crippen molar-refractivity contribution in [2.24, 2.45) is 5.92 Å². The summed E-state index contributed by atoms with van der Waals surface area (Å²) in [6, 6.07) is 0.637. The van der Waals surface area contributed by atoms with Gasteiger partial charge in [-0.25, -0.2) is 0 Å². The summed E-state index contributed by atoms with van der Waals surface area (Å²) in [5, 5.41) is 3.52. The average Bonchev–Trinajstić information content (AvgIpc) is 2.35. The van der Waals surface area contributed by atoms with E-state index in [0.29, 0.717) is 12.1 Å². The second-order valence-electron chi connectivity index (χ2n) is 5.58. The maximum Gasteiger partial charge on any atom is 0.0594 e. The fourth-order valence-electron chi connectivity index (χ4n) is 2.83. The lowest BCUT2D eigenvalue weighted by Gasteiger charge is -2.28. The molecule has 0 saturated heterocycles. The molecule has 3 atom stereocenters. The van der Waals surface area contributed by atoms with Gasteiger partial charge < -0.3 is 10.1 Å². The number of ether oxygens (including phenoxy) is 1. The van der Waals surface area contributed by atoms with Crippen LogP contribution < -0.4 is 5.32 Å². The summed E-state index contributed by atoms with van der Waals surface area (Å²) in [6.45, 7) is 8.70. The topological polar surface area (TPSA) is 21.3 Å². The zero-order chi connectivity index (χ0) is 12.5. The molecule has 0 bridgehead atoms. The largest absolute Gasteiger partial charge is 0.377 e. The molecule has 0 aromatic rings. The molecule has 0 spiro atoms.